The van der Waals surface area contributed by atoms with Gasteiger partial charge in [-0.15, -0.1) is 0 Å². The molecule has 1 saturated carbocycles. The van der Waals surface area contributed by atoms with Crippen molar-refractivity contribution < 1.29 is 14.3 Å². The number of pyridine rings is 1. The number of benzene rings is 1. The number of ether oxygens (including phenoxy) is 2. The number of carbonyl (C=O) groups is 1. The van der Waals surface area contributed by atoms with Gasteiger partial charge in [0.1, 0.15) is 11.5 Å². The summed E-state index contributed by atoms with van der Waals surface area (Å²) in [5.41, 5.74) is 10.9. The van der Waals surface area contributed by atoms with Crippen LogP contribution >= 0.6 is 0 Å². The number of hydrogen-bond donors (Lipinski definition) is 2. The highest BCUT2D eigenvalue weighted by molar-refractivity contribution is 6.20. The maximum absolute atomic E-state index is 12.2. The molecule has 0 atom stereocenters. The Morgan fingerprint density at radius 2 is 1.80 bits per heavy atom. The normalized spacial score (nSPS) is 15.1. The number of nitrogens with zero attached hydrogens (tertiary/aromatic N) is 2. The van der Waals surface area contributed by atoms with Crippen LogP contribution in [0.1, 0.15) is 62.8 Å². The van der Waals surface area contributed by atoms with E-state index in [1.165, 1.54) is 32.1 Å². The molecule has 3 aromatic rings. The van der Waals surface area contributed by atoms with Gasteiger partial charge in [0.25, 0.3) is 0 Å². The zero-order valence-corrected chi connectivity index (χ0v) is 21.2. The van der Waals surface area contributed by atoms with Crippen molar-refractivity contribution in [3.63, 3.8) is 0 Å². The molecule has 1 fully saturated rings. The van der Waals surface area contributed by atoms with Crippen LogP contribution in [0.2, 0.25) is 0 Å². The van der Waals surface area contributed by atoms with Crippen LogP contribution < -0.4 is 20.5 Å². The third-order valence-electron chi connectivity index (χ3n) is 6.78. The predicted octanol–water partition coefficient (Wildman–Crippen LogP) is 5.16. The van der Waals surface area contributed by atoms with Crippen LogP contribution in [0.15, 0.2) is 42.2 Å². The van der Waals surface area contributed by atoms with Crippen molar-refractivity contribution in [2.45, 2.75) is 64.8 Å². The molecule has 0 spiro atoms. The molecular weight excluding hydrogens is 440 g/mol. The zero-order valence-electron chi connectivity index (χ0n) is 21.2. The lowest BCUT2D eigenvalue weighted by atomic mass is 9.95. The first-order chi connectivity index (χ1) is 16.9. The third kappa shape index (κ3) is 5.45. The number of aromatic nitrogens is 2. The van der Waals surface area contributed by atoms with Gasteiger partial charge in [-0.25, -0.2) is 4.98 Å². The molecule has 186 valence electrons. The van der Waals surface area contributed by atoms with E-state index in [-0.39, 0.29) is 5.78 Å². The highest BCUT2D eigenvalue weighted by Gasteiger charge is 2.20. The second kappa shape index (κ2) is 10.8. The quantitative estimate of drug-likeness (QED) is 0.415. The fourth-order valence-electron chi connectivity index (χ4n) is 5.02. The molecule has 0 bridgehead atoms. The zero-order chi connectivity index (χ0) is 24.9. The summed E-state index contributed by atoms with van der Waals surface area (Å²) in [7, 11) is 3.30. The molecule has 2 heterocycles. The van der Waals surface area contributed by atoms with E-state index < -0.39 is 0 Å². The summed E-state index contributed by atoms with van der Waals surface area (Å²) in [6.45, 7) is 3.31. The number of imidazole rings is 1. The predicted molar refractivity (Wildman–Crippen MR) is 140 cm³/mol. The van der Waals surface area contributed by atoms with E-state index >= 15 is 0 Å². The summed E-state index contributed by atoms with van der Waals surface area (Å²) in [6.07, 6.45) is 9.73. The van der Waals surface area contributed by atoms with E-state index in [0.717, 1.165) is 52.6 Å². The Morgan fingerprint density at radius 1 is 1.06 bits per heavy atom. The highest BCUT2D eigenvalue weighted by Crippen LogP contribution is 2.30. The number of nitrogens with two attached hydrogens (primary N) is 1. The first kappa shape index (κ1) is 24.6. The number of hydrogen-bond acceptors (Lipinski definition) is 6. The maximum atomic E-state index is 12.2. The fourth-order valence-corrected chi connectivity index (χ4v) is 5.02. The minimum Gasteiger partial charge on any atom is -0.493 e. The number of anilines is 1. The van der Waals surface area contributed by atoms with Gasteiger partial charge >= 0.3 is 0 Å². The second-order valence-corrected chi connectivity index (χ2v) is 9.33. The van der Waals surface area contributed by atoms with Crippen LogP contribution in [0.4, 0.5) is 5.82 Å². The third-order valence-corrected chi connectivity index (χ3v) is 6.78. The van der Waals surface area contributed by atoms with Crippen LogP contribution in [0.3, 0.4) is 0 Å². The average molecular weight is 477 g/mol. The fraction of sp³-hybridized carbons (Fsp3) is 0.429. The van der Waals surface area contributed by atoms with E-state index in [2.05, 4.69) is 15.8 Å². The van der Waals surface area contributed by atoms with Gasteiger partial charge in [-0.3, -0.25) is 9.20 Å². The van der Waals surface area contributed by atoms with Gasteiger partial charge in [-0.05, 0) is 74.9 Å². The van der Waals surface area contributed by atoms with Gasteiger partial charge in [-0.2, -0.15) is 0 Å². The Morgan fingerprint density at radius 3 is 2.46 bits per heavy atom. The van der Waals surface area contributed by atoms with E-state index in [4.69, 9.17) is 20.2 Å². The molecule has 35 heavy (non-hydrogen) atoms. The summed E-state index contributed by atoms with van der Waals surface area (Å²) < 4.78 is 13.0. The number of rotatable bonds is 9. The molecule has 1 aromatic carbocycles. The molecule has 0 radical (unpaired) electrons. The molecule has 0 saturated heterocycles. The minimum absolute atomic E-state index is 0.0462. The van der Waals surface area contributed by atoms with Gasteiger partial charge in [-0.1, -0.05) is 25.3 Å². The van der Waals surface area contributed by atoms with Crippen molar-refractivity contribution in [3.8, 4) is 11.5 Å². The minimum atomic E-state index is -0.0462. The van der Waals surface area contributed by atoms with Gasteiger partial charge in [0.2, 0.25) is 0 Å². The van der Waals surface area contributed by atoms with Gasteiger partial charge in [0.05, 0.1) is 19.9 Å². The van der Waals surface area contributed by atoms with E-state index in [0.29, 0.717) is 17.3 Å². The molecule has 0 aliphatic heterocycles. The first-order valence-corrected chi connectivity index (χ1v) is 12.4. The van der Waals surface area contributed by atoms with E-state index in [9.17, 15) is 4.79 Å². The summed E-state index contributed by atoms with van der Waals surface area (Å²) in [5.74, 6) is 2.44. The van der Waals surface area contributed by atoms with Crippen LogP contribution in [0.5, 0.6) is 11.5 Å². The van der Waals surface area contributed by atoms with E-state index in [1.807, 2.05) is 30.5 Å². The van der Waals surface area contributed by atoms with Crippen LogP contribution in [-0.2, 0) is 17.6 Å². The number of ketones is 1. The Hall–Kier alpha value is -3.48. The largest absolute Gasteiger partial charge is 0.493 e. The van der Waals surface area contributed by atoms with Crippen LogP contribution in [0.25, 0.3) is 11.2 Å². The summed E-state index contributed by atoms with van der Waals surface area (Å²) >= 11 is 0. The smallest absolute Gasteiger partial charge is 0.162 e. The van der Waals surface area contributed by atoms with Gasteiger partial charge in [0.15, 0.2) is 17.3 Å². The molecule has 7 nitrogen and oxygen atoms in total. The lowest BCUT2D eigenvalue weighted by Gasteiger charge is -2.24. The molecule has 0 amide bonds. The van der Waals surface area contributed by atoms with Gasteiger partial charge < -0.3 is 20.5 Å². The Kier molecular flexibility index (Phi) is 7.63. The number of aryl methyl sites for hydroxylation is 2. The number of methoxy groups -OCH3 is 2. The molecule has 3 N–H and O–H groups in total. The Bertz CT molecular complexity index is 1230. The monoisotopic (exact) mass is 476 g/mol. The Balaban J connectivity index is 1.69. The van der Waals surface area contributed by atoms with Crippen LogP contribution in [0, 0.1) is 0 Å². The maximum Gasteiger partial charge on any atom is 0.162 e. The lowest BCUT2D eigenvalue weighted by Crippen LogP contribution is -2.23. The molecule has 4 rings (SSSR count). The summed E-state index contributed by atoms with van der Waals surface area (Å²) in [6, 6.07) is 10.4. The lowest BCUT2D eigenvalue weighted by molar-refractivity contribution is -0.111. The number of allylic oxidation sites excluding steroid dienone is 2. The standard InChI is InChI=1S/C28H36N4O3/c1-18(29)27(19(2)33)21-14-15-32-26(17-21)31-23(28(32)30-22-8-6-5-7-9-22)12-10-20-11-13-24(34-3)25(16-20)35-4/h11,13-17,22,30H,5-10,12,29H2,1-4H3. The SMILES string of the molecule is COc1ccc(CCc2nc3cc(C(C(C)=O)=C(C)N)ccn3c2NC2CCCCC2)cc1OC. The van der Waals surface area contributed by atoms with E-state index in [1.54, 1.807) is 28.1 Å². The molecule has 1 aliphatic carbocycles. The number of fused-ring (bicyclic) bond motifs is 1. The topological polar surface area (TPSA) is 90.9 Å². The highest BCUT2D eigenvalue weighted by atomic mass is 16.5. The van der Waals surface area contributed by atoms with Gasteiger partial charge in [0, 0.05) is 23.5 Å². The Labute approximate surface area is 207 Å². The summed E-state index contributed by atoms with van der Waals surface area (Å²) in [4.78, 5) is 17.2. The van der Waals surface area contributed by atoms with Crippen molar-refractivity contribution in [1.82, 2.24) is 9.38 Å². The molecule has 1 aliphatic rings. The van der Waals surface area contributed by atoms with Crippen LogP contribution in [-0.4, -0.2) is 35.4 Å². The second-order valence-electron chi connectivity index (χ2n) is 9.33. The van der Waals surface area contributed by atoms with Crippen molar-refractivity contribution in [1.29, 1.82) is 0 Å². The molecule has 0 unspecified atom stereocenters. The number of nitrogens with one attached hydrogen (secondary N) is 1. The van der Waals surface area contributed by atoms with Crippen molar-refractivity contribution in [2.75, 3.05) is 19.5 Å². The van der Waals surface area contributed by atoms with Crippen molar-refractivity contribution >= 4 is 22.8 Å². The molecular formula is C28H36N4O3. The first-order valence-electron chi connectivity index (χ1n) is 12.4. The average Bonchev–Trinajstić information content (AvgIpc) is 3.19. The summed E-state index contributed by atoms with van der Waals surface area (Å²) in [5, 5.41) is 3.80. The van der Waals surface area contributed by atoms with Crippen molar-refractivity contribution in [2.24, 2.45) is 5.73 Å². The molecule has 7 heteroatoms. The molecule has 2 aromatic heterocycles. The number of carbonyl (C=O) groups excluding carboxylic acids is 1. The number of Topliss-reactive ketones (excluding diaryl/α,β-unsaturated/α-hetero) is 1. The van der Waals surface area contributed by atoms with Crippen molar-refractivity contribution in [3.05, 3.63) is 59.0 Å².